The molecule has 3 N–H and O–H groups in total. The van der Waals surface area contributed by atoms with Gasteiger partial charge in [-0.2, -0.15) is 5.10 Å². The van der Waals surface area contributed by atoms with E-state index in [1.54, 1.807) is 25.1 Å². The zero-order chi connectivity index (χ0) is 11.7. The molecule has 2 aromatic rings. The van der Waals surface area contributed by atoms with E-state index in [4.69, 9.17) is 11.1 Å². The lowest BCUT2D eigenvalue weighted by Crippen LogP contribution is -2.12. The van der Waals surface area contributed by atoms with E-state index in [9.17, 15) is 4.39 Å². The fraction of sp³-hybridized carbons (Fsp3) is 0.0909. The van der Waals surface area contributed by atoms with Crippen molar-refractivity contribution >= 4 is 5.84 Å². The molecule has 0 aliphatic carbocycles. The van der Waals surface area contributed by atoms with Gasteiger partial charge in [0, 0.05) is 0 Å². The molecule has 2 rings (SSSR count). The number of benzene rings is 1. The molecule has 4 nitrogen and oxygen atoms in total. The highest BCUT2D eigenvalue weighted by Gasteiger charge is 2.12. The molecule has 0 saturated heterocycles. The van der Waals surface area contributed by atoms with E-state index in [1.807, 2.05) is 0 Å². The van der Waals surface area contributed by atoms with Crippen LogP contribution in [0, 0.1) is 18.2 Å². The standard InChI is InChI=1S/C11H11FN4/c1-7-8(11(13)14)6-15-16(7)10-5-3-2-4-9(10)12/h2-6H,1H3,(H3,13,14). The quantitative estimate of drug-likeness (QED) is 0.594. The van der Waals surface area contributed by atoms with Crippen molar-refractivity contribution in [3.05, 3.63) is 47.5 Å². The van der Waals surface area contributed by atoms with Gasteiger partial charge in [0.05, 0.1) is 17.5 Å². The van der Waals surface area contributed by atoms with Crippen molar-refractivity contribution in [2.24, 2.45) is 5.73 Å². The average Bonchev–Trinajstić information content (AvgIpc) is 2.61. The molecule has 0 unspecified atom stereocenters. The maximum Gasteiger partial charge on any atom is 0.148 e. The molecule has 0 radical (unpaired) electrons. The Morgan fingerprint density at radius 1 is 1.44 bits per heavy atom. The van der Waals surface area contributed by atoms with Crippen LogP contribution in [0.5, 0.6) is 0 Å². The van der Waals surface area contributed by atoms with Crippen molar-refractivity contribution in [2.75, 3.05) is 0 Å². The number of nitrogens with zero attached hydrogens (tertiary/aromatic N) is 2. The molecular formula is C11H11FN4. The van der Waals surface area contributed by atoms with Crippen LogP contribution in [0.2, 0.25) is 0 Å². The molecule has 0 saturated carbocycles. The number of amidine groups is 1. The third-order valence-electron chi connectivity index (χ3n) is 2.38. The van der Waals surface area contributed by atoms with Gasteiger partial charge in [0.25, 0.3) is 0 Å². The number of rotatable bonds is 2. The summed E-state index contributed by atoms with van der Waals surface area (Å²) in [4.78, 5) is 0. The van der Waals surface area contributed by atoms with Gasteiger partial charge < -0.3 is 5.73 Å². The number of nitrogens with two attached hydrogens (primary N) is 1. The molecule has 16 heavy (non-hydrogen) atoms. The second-order valence-corrected chi connectivity index (χ2v) is 3.42. The van der Waals surface area contributed by atoms with E-state index in [0.29, 0.717) is 16.9 Å². The van der Waals surface area contributed by atoms with E-state index in [-0.39, 0.29) is 11.7 Å². The zero-order valence-electron chi connectivity index (χ0n) is 8.74. The van der Waals surface area contributed by atoms with E-state index < -0.39 is 0 Å². The highest BCUT2D eigenvalue weighted by molar-refractivity contribution is 5.95. The average molecular weight is 218 g/mol. The lowest BCUT2D eigenvalue weighted by atomic mass is 10.2. The minimum Gasteiger partial charge on any atom is -0.384 e. The van der Waals surface area contributed by atoms with Crippen LogP contribution < -0.4 is 5.73 Å². The molecule has 0 aliphatic heterocycles. The Balaban J connectivity index is 2.58. The number of hydrogen-bond acceptors (Lipinski definition) is 2. The minimum atomic E-state index is -0.358. The summed E-state index contributed by atoms with van der Waals surface area (Å²) in [6.45, 7) is 1.75. The summed E-state index contributed by atoms with van der Waals surface area (Å²) < 4.78 is 15.0. The number of nitrogen functional groups attached to an aromatic ring is 1. The van der Waals surface area contributed by atoms with Crippen LogP contribution >= 0.6 is 0 Å². The molecule has 0 amide bonds. The third kappa shape index (κ3) is 1.56. The molecule has 0 fully saturated rings. The van der Waals surface area contributed by atoms with Gasteiger partial charge in [-0.3, -0.25) is 5.41 Å². The summed E-state index contributed by atoms with van der Waals surface area (Å²) in [5.41, 5.74) is 6.90. The van der Waals surface area contributed by atoms with Crippen LogP contribution in [0.15, 0.2) is 30.5 Å². The van der Waals surface area contributed by atoms with Gasteiger partial charge in [-0.1, -0.05) is 12.1 Å². The topological polar surface area (TPSA) is 67.7 Å². The lowest BCUT2D eigenvalue weighted by molar-refractivity contribution is 0.608. The first kappa shape index (κ1) is 10.4. The van der Waals surface area contributed by atoms with E-state index >= 15 is 0 Å². The molecule has 0 spiro atoms. The Kier molecular flexibility index (Phi) is 2.44. The van der Waals surface area contributed by atoms with Gasteiger partial charge in [-0.15, -0.1) is 0 Å². The number of halogens is 1. The predicted molar refractivity (Wildman–Crippen MR) is 59.3 cm³/mol. The summed E-state index contributed by atoms with van der Waals surface area (Å²) in [5.74, 6) is -0.427. The molecule has 0 atom stereocenters. The number of hydrogen-bond donors (Lipinski definition) is 2. The van der Waals surface area contributed by atoms with E-state index in [1.165, 1.54) is 16.9 Å². The SMILES string of the molecule is Cc1c(C(=N)N)cnn1-c1ccccc1F. The number of para-hydroxylation sites is 1. The normalized spacial score (nSPS) is 10.4. The van der Waals surface area contributed by atoms with Crippen LogP contribution in [0.25, 0.3) is 5.69 Å². The van der Waals surface area contributed by atoms with Crippen LogP contribution in [0.4, 0.5) is 4.39 Å². The van der Waals surface area contributed by atoms with Crippen LogP contribution in [0.1, 0.15) is 11.3 Å². The number of aromatic nitrogens is 2. The van der Waals surface area contributed by atoms with Gasteiger partial charge in [0.15, 0.2) is 0 Å². The molecule has 1 aromatic carbocycles. The first-order chi connectivity index (χ1) is 7.61. The molecule has 82 valence electrons. The molecule has 0 aliphatic rings. The molecular weight excluding hydrogens is 207 g/mol. The first-order valence-electron chi connectivity index (χ1n) is 4.75. The van der Waals surface area contributed by atoms with Crippen molar-refractivity contribution in [2.45, 2.75) is 6.92 Å². The van der Waals surface area contributed by atoms with Crippen molar-refractivity contribution in [1.82, 2.24) is 9.78 Å². The third-order valence-corrected chi connectivity index (χ3v) is 2.38. The van der Waals surface area contributed by atoms with Gasteiger partial charge in [0.2, 0.25) is 0 Å². The van der Waals surface area contributed by atoms with Crippen LogP contribution in [0.3, 0.4) is 0 Å². The highest BCUT2D eigenvalue weighted by Crippen LogP contribution is 2.16. The van der Waals surface area contributed by atoms with Crippen LogP contribution in [-0.4, -0.2) is 15.6 Å². The summed E-state index contributed by atoms with van der Waals surface area (Å²) in [5, 5.41) is 11.4. The van der Waals surface area contributed by atoms with Crippen molar-refractivity contribution in [3.8, 4) is 5.69 Å². The second-order valence-electron chi connectivity index (χ2n) is 3.42. The minimum absolute atomic E-state index is 0.0694. The Bertz CT molecular complexity index is 545. The predicted octanol–water partition coefficient (Wildman–Crippen LogP) is 1.60. The van der Waals surface area contributed by atoms with Crippen LogP contribution in [-0.2, 0) is 0 Å². The van der Waals surface area contributed by atoms with E-state index in [2.05, 4.69) is 5.10 Å². The molecule has 0 bridgehead atoms. The summed E-state index contributed by atoms with van der Waals surface area (Å²) in [6.07, 6.45) is 1.46. The van der Waals surface area contributed by atoms with Crippen molar-refractivity contribution < 1.29 is 4.39 Å². The molecule has 1 aromatic heterocycles. The monoisotopic (exact) mass is 218 g/mol. The van der Waals surface area contributed by atoms with E-state index in [0.717, 1.165) is 0 Å². The maximum atomic E-state index is 13.5. The Hall–Kier alpha value is -2.17. The molecule has 1 heterocycles. The summed E-state index contributed by atoms with van der Waals surface area (Å²) in [7, 11) is 0. The number of nitrogens with one attached hydrogen (secondary N) is 1. The Morgan fingerprint density at radius 3 is 2.69 bits per heavy atom. The summed E-state index contributed by atoms with van der Waals surface area (Å²) >= 11 is 0. The van der Waals surface area contributed by atoms with Gasteiger partial charge in [0.1, 0.15) is 17.3 Å². The fourth-order valence-corrected chi connectivity index (χ4v) is 1.54. The van der Waals surface area contributed by atoms with Crippen molar-refractivity contribution in [1.29, 1.82) is 5.41 Å². The summed E-state index contributed by atoms with van der Waals surface area (Å²) in [6, 6.07) is 6.33. The van der Waals surface area contributed by atoms with Gasteiger partial charge in [-0.05, 0) is 19.1 Å². The first-order valence-corrected chi connectivity index (χ1v) is 4.75. The Morgan fingerprint density at radius 2 is 2.12 bits per heavy atom. The zero-order valence-corrected chi connectivity index (χ0v) is 8.74. The largest absolute Gasteiger partial charge is 0.384 e. The van der Waals surface area contributed by atoms with Gasteiger partial charge >= 0.3 is 0 Å². The Labute approximate surface area is 92.0 Å². The maximum absolute atomic E-state index is 13.5. The van der Waals surface area contributed by atoms with Crippen molar-refractivity contribution in [3.63, 3.8) is 0 Å². The van der Waals surface area contributed by atoms with Gasteiger partial charge in [-0.25, -0.2) is 9.07 Å². The lowest BCUT2D eigenvalue weighted by Gasteiger charge is -2.05. The molecule has 5 heteroatoms. The second kappa shape index (κ2) is 3.77. The highest BCUT2D eigenvalue weighted by atomic mass is 19.1. The fourth-order valence-electron chi connectivity index (χ4n) is 1.54. The smallest absolute Gasteiger partial charge is 0.148 e.